The highest BCUT2D eigenvalue weighted by Gasteiger charge is 2.06. The lowest BCUT2D eigenvalue weighted by atomic mass is 10.3. The molecule has 0 heterocycles. The molecule has 3 amide bonds. The highest BCUT2D eigenvalue weighted by Crippen LogP contribution is 2.11. The third-order valence-corrected chi connectivity index (χ3v) is 1.57. The molecule has 4 N–H and O–H groups in total. The molecule has 0 fully saturated rings. The van der Waals surface area contributed by atoms with E-state index in [1.807, 2.05) is 0 Å². The Bertz CT molecular complexity index is 381. The molecule has 0 aromatic heterocycles. The number of benzene rings is 1. The normalized spacial score (nSPS) is 9.40. The topological polar surface area (TPSA) is 84.2 Å². The zero-order chi connectivity index (χ0) is 11.3. The van der Waals surface area contributed by atoms with E-state index in [1.54, 1.807) is 6.07 Å². The first-order valence-electron chi connectivity index (χ1n) is 4.17. The summed E-state index contributed by atoms with van der Waals surface area (Å²) in [6, 6.07) is 4.92. The quantitative estimate of drug-likeness (QED) is 0.677. The molecule has 0 saturated carbocycles. The van der Waals surface area contributed by atoms with E-state index in [2.05, 4.69) is 10.6 Å². The van der Waals surface area contributed by atoms with Gasteiger partial charge in [0.1, 0.15) is 5.82 Å². The molecule has 6 heteroatoms. The summed E-state index contributed by atoms with van der Waals surface area (Å²) >= 11 is 0. The zero-order valence-corrected chi connectivity index (χ0v) is 7.79. The number of anilines is 1. The van der Waals surface area contributed by atoms with Crippen molar-refractivity contribution < 1.29 is 14.0 Å². The molecule has 1 rings (SSSR count). The molecule has 0 bridgehead atoms. The van der Waals surface area contributed by atoms with Crippen LogP contribution in [0.4, 0.5) is 14.9 Å². The summed E-state index contributed by atoms with van der Waals surface area (Å²) in [4.78, 5) is 21.4. The van der Waals surface area contributed by atoms with Gasteiger partial charge in [-0.2, -0.15) is 0 Å². The third-order valence-electron chi connectivity index (χ3n) is 1.57. The number of nitrogens with one attached hydrogen (secondary N) is 2. The number of hydrogen-bond donors (Lipinski definition) is 3. The van der Waals surface area contributed by atoms with Gasteiger partial charge in [0.25, 0.3) is 0 Å². The van der Waals surface area contributed by atoms with Crippen molar-refractivity contribution in [3.8, 4) is 0 Å². The Hall–Kier alpha value is -2.11. The van der Waals surface area contributed by atoms with E-state index in [0.29, 0.717) is 0 Å². The van der Waals surface area contributed by atoms with Crippen molar-refractivity contribution >= 4 is 17.6 Å². The molecule has 0 radical (unpaired) electrons. The number of rotatable bonds is 3. The summed E-state index contributed by atoms with van der Waals surface area (Å²) in [6.07, 6.45) is 0. The van der Waals surface area contributed by atoms with Crippen molar-refractivity contribution in [3.05, 3.63) is 30.1 Å². The minimum Gasteiger partial charge on any atom is -0.352 e. The van der Waals surface area contributed by atoms with E-state index >= 15 is 0 Å². The van der Waals surface area contributed by atoms with Gasteiger partial charge in [-0.15, -0.1) is 0 Å². The monoisotopic (exact) mass is 211 g/mol. The first-order valence-corrected chi connectivity index (χ1v) is 4.17. The Kier molecular flexibility index (Phi) is 3.61. The van der Waals surface area contributed by atoms with E-state index in [4.69, 9.17) is 5.73 Å². The maximum atomic E-state index is 13.0. The average molecular weight is 211 g/mol. The van der Waals surface area contributed by atoms with E-state index in [-0.39, 0.29) is 12.2 Å². The molecular weight excluding hydrogens is 201 g/mol. The smallest absolute Gasteiger partial charge is 0.312 e. The first kappa shape index (κ1) is 11.0. The van der Waals surface area contributed by atoms with Crippen molar-refractivity contribution in [1.82, 2.24) is 5.32 Å². The first-order chi connectivity index (χ1) is 7.09. The van der Waals surface area contributed by atoms with Crippen molar-refractivity contribution in [1.29, 1.82) is 0 Å². The molecule has 1 aromatic carbocycles. The predicted molar refractivity (Wildman–Crippen MR) is 52.6 cm³/mol. The molecular formula is C9H10FN3O2. The highest BCUT2D eigenvalue weighted by molar-refractivity contribution is 5.94. The highest BCUT2D eigenvalue weighted by atomic mass is 19.1. The van der Waals surface area contributed by atoms with Crippen molar-refractivity contribution in [2.75, 3.05) is 11.9 Å². The fraction of sp³-hybridized carbons (Fsp3) is 0.111. The summed E-state index contributed by atoms with van der Waals surface area (Å²) < 4.78 is 13.0. The number of carbonyl (C=O) groups excluding carboxylic acids is 2. The van der Waals surface area contributed by atoms with Gasteiger partial charge in [-0.25, -0.2) is 9.18 Å². The number of para-hydroxylation sites is 1. The number of carbonyl (C=O) groups is 2. The third kappa shape index (κ3) is 3.63. The van der Waals surface area contributed by atoms with Gasteiger partial charge < -0.3 is 16.4 Å². The molecule has 1 aromatic rings. The lowest BCUT2D eigenvalue weighted by molar-refractivity contribution is -0.115. The molecule has 0 unspecified atom stereocenters. The van der Waals surface area contributed by atoms with Gasteiger partial charge >= 0.3 is 6.03 Å². The summed E-state index contributed by atoms with van der Waals surface area (Å²) in [5, 5.41) is 4.37. The fourth-order valence-corrected chi connectivity index (χ4v) is 0.924. The van der Waals surface area contributed by atoms with Gasteiger partial charge in [0.05, 0.1) is 12.2 Å². The minimum absolute atomic E-state index is 0.0637. The van der Waals surface area contributed by atoms with Crippen LogP contribution in [-0.2, 0) is 4.79 Å². The number of nitrogens with two attached hydrogens (primary N) is 1. The number of halogens is 1. The molecule has 0 atom stereocenters. The molecule has 0 aliphatic rings. The Labute approximate surface area is 85.5 Å². The van der Waals surface area contributed by atoms with Crippen LogP contribution in [0.3, 0.4) is 0 Å². The molecule has 0 saturated heterocycles. The number of amides is 3. The van der Waals surface area contributed by atoms with Crippen LogP contribution in [0.15, 0.2) is 24.3 Å². The Morgan fingerprint density at radius 2 is 2.00 bits per heavy atom. The average Bonchev–Trinajstić information content (AvgIpc) is 2.18. The van der Waals surface area contributed by atoms with E-state index in [0.717, 1.165) is 0 Å². The summed E-state index contributed by atoms with van der Waals surface area (Å²) in [5.41, 5.74) is 4.82. The Morgan fingerprint density at radius 1 is 1.33 bits per heavy atom. The largest absolute Gasteiger partial charge is 0.352 e. The van der Waals surface area contributed by atoms with Crippen LogP contribution in [0.25, 0.3) is 0 Å². The van der Waals surface area contributed by atoms with Gasteiger partial charge in [-0.1, -0.05) is 12.1 Å². The van der Waals surface area contributed by atoms with Gasteiger partial charge in [-0.05, 0) is 12.1 Å². The standard InChI is InChI=1S/C9H10FN3O2/c10-6-3-1-2-4-7(6)13-8(14)5-12-9(11)15/h1-4H,5H2,(H,13,14)(H3,11,12,15). The second-order valence-corrected chi connectivity index (χ2v) is 2.75. The number of urea groups is 1. The van der Waals surface area contributed by atoms with Crippen molar-refractivity contribution in [3.63, 3.8) is 0 Å². The fourth-order valence-electron chi connectivity index (χ4n) is 0.924. The van der Waals surface area contributed by atoms with Crippen LogP contribution >= 0.6 is 0 Å². The zero-order valence-electron chi connectivity index (χ0n) is 7.79. The molecule has 0 aliphatic carbocycles. The van der Waals surface area contributed by atoms with Crippen LogP contribution in [0.2, 0.25) is 0 Å². The summed E-state index contributed by atoms with van der Waals surface area (Å²) in [5.74, 6) is -1.08. The number of primary amides is 1. The van der Waals surface area contributed by atoms with Crippen LogP contribution in [-0.4, -0.2) is 18.5 Å². The molecule has 15 heavy (non-hydrogen) atoms. The lowest BCUT2D eigenvalue weighted by Crippen LogP contribution is -2.36. The van der Waals surface area contributed by atoms with Crippen LogP contribution in [0.5, 0.6) is 0 Å². The van der Waals surface area contributed by atoms with Crippen LogP contribution < -0.4 is 16.4 Å². The van der Waals surface area contributed by atoms with Gasteiger partial charge in [0.2, 0.25) is 5.91 Å². The van der Waals surface area contributed by atoms with E-state index < -0.39 is 17.8 Å². The second kappa shape index (κ2) is 4.94. The lowest BCUT2D eigenvalue weighted by Gasteiger charge is -2.05. The van der Waals surface area contributed by atoms with Gasteiger partial charge in [-0.3, -0.25) is 4.79 Å². The maximum absolute atomic E-state index is 13.0. The minimum atomic E-state index is -0.807. The Morgan fingerprint density at radius 3 is 2.60 bits per heavy atom. The SMILES string of the molecule is NC(=O)NCC(=O)Nc1ccccc1F. The molecule has 0 aliphatic heterocycles. The summed E-state index contributed by atoms with van der Waals surface area (Å²) in [6.45, 7) is -0.288. The van der Waals surface area contributed by atoms with Crippen molar-refractivity contribution in [2.24, 2.45) is 5.73 Å². The maximum Gasteiger partial charge on any atom is 0.312 e. The van der Waals surface area contributed by atoms with Crippen LogP contribution in [0.1, 0.15) is 0 Å². The van der Waals surface area contributed by atoms with Gasteiger partial charge in [0.15, 0.2) is 0 Å². The van der Waals surface area contributed by atoms with E-state index in [9.17, 15) is 14.0 Å². The number of hydrogen-bond acceptors (Lipinski definition) is 2. The molecule has 0 spiro atoms. The van der Waals surface area contributed by atoms with Crippen molar-refractivity contribution in [2.45, 2.75) is 0 Å². The molecule has 5 nitrogen and oxygen atoms in total. The van der Waals surface area contributed by atoms with E-state index in [1.165, 1.54) is 18.2 Å². The second-order valence-electron chi connectivity index (χ2n) is 2.75. The van der Waals surface area contributed by atoms with Crippen LogP contribution in [0, 0.1) is 5.82 Å². The Balaban J connectivity index is 2.52. The molecule has 80 valence electrons. The summed E-state index contributed by atoms with van der Waals surface area (Å²) in [7, 11) is 0. The van der Waals surface area contributed by atoms with Gasteiger partial charge in [0, 0.05) is 0 Å². The predicted octanol–water partition coefficient (Wildman–Crippen LogP) is 0.432.